The van der Waals surface area contributed by atoms with Crippen molar-refractivity contribution < 1.29 is 38.3 Å². The lowest BCUT2D eigenvalue weighted by Crippen LogP contribution is -2.33. The highest BCUT2D eigenvalue weighted by molar-refractivity contribution is 7.47. The number of hydroxylamine groups is 1. The second kappa shape index (κ2) is 9.67. The molecule has 0 radical (unpaired) electrons. The molecule has 15 heteroatoms. The van der Waals surface area contributed by atoms with E-state index in [0.717, 1.165) is 5.56 Å². The minimum absolute atomic E-state index is 0.0876. The van der Waals surface area contributed by atoms with Crippen LogP contribution < -0.4 is 16.0 Å². The second-order valence-corrected chi connectivity index (χ2v) is 8.50. The van der Waals surface area contributed by atoms with Gasteiger partial charge in [0, 0.05) is 6.54 Å². The molecule has 0 aliphatic carbocycles. The number of anilines is 1. The lowest BCUT2D eigenvalue weighted by atomic mass is 10.1. The van der Waals surface area contributed by atoms with E-state index in [1.54, 1.807) is 12.1 Å². The largest absolute Gasteiger partial charge is 0.488 e. The Morgan fingerprint density at radius 2 is 2.00 bits per heavy atom. The third kappa shape index (κ3) is 5.13. The number of aliphatic hydroxyl groups excluding tert-OH is 2. The molecule has 0 amide bonds. The highest BCUT2D eigenvalue weighted by Gasteiger charge is 2.45. The molecular formula is C18H23N6O8P. The van der Waals surface area contributed by atoms with Crippen molar-refractivity contribution in [2.24, 2.45) is 0 Å². The van der Waals surface area contributed by atoms with Gasteiger partial charge in [-0.3, -0.25) is 9.09 Å². The van der Waals surface area contributed by atoms with Crippen molar-refractivity contribution in [2.75, 3.05) is 19.5 Å². The molecule has 6 N–H and O–H groups in total. The van der Waals surface area contributed by atoms with Gasteiger partial charge in [-0.05, 0) is 5.56 Å². The Kier molecular flexibility index (Phi) is 6.88. The Hall–Kier alpha value is -2.68. The van der Waals surface area contributed by atoms with Crippen molar-refractivity contribution in [1.29, 1.82) is 0 Å². The molecule has 0 saturated carbocycles. The molecule has 0 spiro atoms. The van der Waals surface area contributed by atoms with Crippen LogP contribution >= 0.6 is 7.82 Å². The zero-order chi connectivity index (χ0) is 23.6. The Labute approximate surface area is 187 Å². The number of rotatable bonds is 9. The van der Waals surface area contributed by atoms with E-state index in [4.69, 9.17) is 24.4 Å². The number of fused-ring (bicyclic) bond motifs is 1. The number of phosphoric ester groups is 1. The smallest absolute Gasteiger partial charge is 0.479 e. The number of nitrogens with two attached hydrogens (primary N) is 1. The number of methoxy groups -OCH3 is 1. The molecule has 3 aromatic rings. The van der Waals surface area contributed by atoms with Crippen LogP contribution in [0.5, 0.6) is 5.88 Å². The minimum atomic E-state index is -4.52. The molecule has 1 unspecified atom stereocenters. The standard InChI is InChI=1S/C18H23N6O8P/c1-29-16-12-15(22-18(19)23-16)24(9-20-12)17-14(26)13(25)11(31-17)8-30-33(27,28)32-21-7-10-5-3-2-4-6-10/h2-6,9,11,13-14,17,21,25-26H,7-8H2,1H3,(H,27,28)(H2,19,22,23)/t11-,13-,14+,17-/m1/s1. The van der Waals surface area contributed by atoms with E-state index < -0.39 is 39.0 Å². The van der Waals surface area contributed by atoms with Gasteiger partial charge in [-0.1, -0.05) is 30.3 Å². The van der Waals surface area contributed by atoms with Gasteiger partial charge >= 0.3 is 7.82 Å². The number of nitrogen functional groups attached to an aromatic ring is 1. The number of aliphatic hydroxyl groups is 2. The molecule has 1 aliphatic rings. The predicted octanol–water partition coefficient (Wildman–Crippen LogP) is -0.125. The number of nitrogens with zero attached hydrogens (tertiary/aromatic N) is 4. The van der Waals surface area contributed by atoms with Crippen molar-refractivity contribution in [3.63, 3.8) is 0 Å². The van der Waals surface area contributed by atoms with Gasteiger partial charge in [0.2, 0.25) is 11.8 Å². The molecule has 1 fully saturated rings. The Balaban J connectivity index is 1.39. The van der Waals surface area contributed by atoms with Crippen LogP contribution in [-0.2, 0) is 25.0 Å². The van der Waals surface area contributed by atoms with Crippen molar-refractivity contribution >= 4 is 24.9 Å². The molecule has 1 aliphatic heterocycles. The van der Waals surface area contributed by atoms with Crippen LogP contribution in [0.25, 0.3) is 11.2 Å². The maximum Gasteiger partial charge on any atom is 0.488 e. The van der Waals surface area contributed by atoms with Gasteiger partial charge in [0.1, 0.15) is 18.3 Å². The summed E-state index contributed by atoms with van der Waals surface area (Å²) in [4.78, 5) is 22.0. The SMILES string of the molecule is COc1nc(N)nc2c1ncn2[C@@H]1O[C@H](COP(=O)(O)ONCc2ccccc2)[C@@H](O)[C@@H]1O. The summed E-state index contributed by atoms with van der Waals surface area (Å²) in [5.74, 6) is 0.0425. The first kappa shape index (κ1) is 23.5. The first-order chi connectivity index (χ1) is 15.8. The lowest BCUT2D eigenvalue weighted by molar-refractivity contribution is -0.0530. The number of hydrogen-bond acceptors (Lipinski definition) is 12. The van der Waals surface area contributed by atoms with Gasteiger partial charge in [-0.25, -0.2) is 9.55 Å². The van der Waals surface area contributed by atoms with Gasteiger partial charge in [0.25, 0.3) is 0 Å². The van der Waals surface area contributed by atoms with Crippen LogP contribution in [0.2, 0.25) is 0 Å². The Morgan fingerprint density at radius 1 is 1.24 bits per heavy atom. The number of imidazole rings is 1. The van der Waals surface area contributed by atoms with E-state index in [1.807, 2.05) is 18.2 Å². The van der Waals surface area contributed by atoms with Crippen molar-refractivity contribution in [3.05, 3.63) is 42.2 Å². The van der Waals surface area contributed by atoms with E-state index in [1.165, 1.54) is 18.0 Å². The molecule has 3 heterocycles. The number of phosphoric acid groups is 1. The lowest BCUT2D eigenvalue weighted by Gasteiger charge is -2.17. The summed E-state index contributed by atoms with van der Waals surface area (Å²) < 4.78 is 33.9. The summed E-state index contributed by atoms with van der Waals surface area (Å²) in [5.41, 5.74) is 9.36. The monoisotopic (exact) mass is 482 g/mol. The topological polar surface area (TPSA) is 196 Å². The molecule has 0 bridgehead atoms. The molecule has 1 aromatic carbocycles. The van der Waals surface area contributed by atoms with E-state index in [9.17, 15) is 19.7 Å². The van der Waals surface area contributed by atoms with Gasteiger partial charge in [0.15, 0.2) is 17.4 Å². The van der Waals surface area contributed by atoms with E-state index in [-0.39, 0.29) is 29.5 Å². The Morgan fingerprint density at radius 3 is 2.73 bits per heavy atom. The first-order valence-corrected chi connectivity index (χ1v) is 11.3. The summed E-state index contributed by atoms with van der Waals surface area (Å²) in [7, 11) is -3.13. The van der Waals surface area contributed by atoms with Crippen LogP contribution in [-0.4, -0.2) is 66.7 Å². The maximum absolute atomic E-state index is 12.1. The highest BCUT2D eigenvalue weighted by atomic mass is 31.2. The molecule has 33 heavy (non-hydrogen) atoms. The van der Waals surface area contributed by atoms with Gasteiger partial charge in [0.05, 0.1) is 20.0 Å². The highest BCUT2D eigenvalue weighted by Crippen LogP contribution is 2.43. The third-order valence-corrected chi connectivity index (χ3v) is 5.75. The number of nitrogens with one attached hydrogen (secondary N) is 1. The molecule has 178 valence electrons. The number of benzene rings is 1. The fourth-order valence-corrected chi connectivity index (χ4v) is 3.93. The number of ether oxygens (including phenoxy) is 2. The summed E-state index contributed by atoms with van der Waals surface area (Å²) in [5, 5.41) is 20.9. The normalized spacial score (nSPS) is 24.7. The van der Waals surface area contributed by atoms with Gasteiger partial charge < -0.3 is 30.3 Å². The fraction of sp³-hybridized carbons (Fsp3) is 0.389. The van der Waals surface area contributed by atoms with Crippen molar-refractivity contribution in [1.82, 2.24) is 25.0 Å². The maximum atomic E-state index is 12.1. The van der Waals surface area contributed by atoms with Gasteiger partial charge in [-0.2, -0.15) is 20.1 Å². The molecular weight excluding hydrogens is 459 g/mol. The zero-order valence-corrected chi connectivity index (χ0v) is 18.3. The quantitative estimate of drug-likeness (QED) is 0.200. The zero-order valence-electron chi connectivity index (χ0n) is 17.4. The molecule has 5 atom stereocenters. The van der Waals surface area contributed by atoms with Gasteiger partial charge in [-0.15, -0.1) is 0 Å². The number of hydrogen-bond donors (Lipinski definition) is 5. The number of aromatic nitrogens is 4. The van der Waals surface area contributed by atoms with E-state index in [0.29, 0.717) is 0 Å². The molecule has 1 saturated heterocycles. The molecule has 2 aromatic heterocycles. The van der Waals surface area contributed by atoms with Crippen molar-refractivity contribution in [2.45, 2.75) is 31.1 Å². The fourth-order valence-electron chi connectivity index (χ4n) is 3.32. The van der Waals surface area contributed by atoms with Crippen LogP contribution in [0.15, 0.2) is 36.7 Å². The molecule has 4 rings (SSSR count). The van der Waals surface area contributed by atoms with Crippen LogP contribution in [0, 0.1) is 0 Å². The first-order valence-electron chi connectivity index (χ1n) is 9.77. The average Bonchev–Trinajstić information content (AvgIpc) is 3.33. The van der Waals surface area contributed by atoms with E-state index >= 15 is 0 Å². The summed E-state index contributed by atoms with van der Waals surface area (Å²) in [6, 6.07) is 9.07. The van der Waals surface area contributed by atoms with E-state index in [2.05, 4.69) is 20.4 Å². The Bertz CT molecular complexity index is 1150. The van der Waals surface area contributed by atoms with Crippen LogP contribution in [0.3, 0.4) is 0 Å². The minimum Gasteiger partial charge on any atom is -0.479 e. The predicted molar refractivity (Wildman–Crippen MR) is 112 cm³/mol. The second-order valence-electron chi connectivity index (χ2n) is 7.12. The van der Waals surface area contributed by atoms with Crippen LogP contribution in [0.4, 0.5) is 5.95 Å². The van der Waals surface area contributed by atoms with Crippen LogP contribution in [0.1, 0.15) is 11.8 Å². The average molecular weight is 482 g/mol. The summed E-state index contributed by atoms with van der Waals surface area (Å²) in [6.45, 7) is -0.372. The summed E-state index contributed by atoms with van der Waals surface area (Å²) >= 11 is 0. The summed E-state index contributed by atoms with van der Waals surface area (Å²) in [6.07, 6.45) is -3.83. The third-order valence-electron chi connectivity index (χ3n) is 4.91. The van der Waals surface area contributed by atoms with Crippen molar-refractivity contribution in [3.8, 4) is 5.88 Å². The molecule has 14 nitrogen and oxygen atoms in total.